The third-order valence-electron chi connectivity index (χ3n) is 4.14. The number of benzene rings is 1. The third kappa shape index (κ3) is 4.68. The summed E-state index contributed by atoms with van der Waals surface area (Å²) in [4.78, 5) is 14.6. The molecule has 0 bridgehead atoms. The van der Waals surface area contributed by atoms with Crippen molar-refractivity contribution in [2.45, 2.75) is 42.2 Å². The predicted molar refractivity (Wildman–Crippen MR) is 103 cm³/mol. The molecule has 0 radical (unpaired) electrons. The summed E-state index contributed by atoms with van der Waals surface area (Å²) in [7, 11) is 0. The van der Waals surface area contributed by atoms with Gasteiger partial charge in [-0.1, -0.05) is 35.9 Å². The van der Waals surface area contributed by atoms with Gasteiger partial charge in [0.1, 0.15) is 5.82 Å². The molecule has 3 rings (SSSR count). The summed E-state index contributed by atoms with van der Waals surface area (Å²) in [5.74, 6) is -0.127. The number of likely N-dealkylation sites (tertiary alicyclic amines) is 1. The van der Waals surface area contributed by atoms with Crippen LogP contribution >= 0.6 is 35.3 Å². The number of carbonyl (C=O) groups is 1. The first-order valence-electron chi connectivity index (χ1n) is 8.36. The molecule has 1 atom stereocenters. The Morgan fingerprint density at radius 3 is 2.52 bits per heavy atom. The Morgan fingerprint density at radius 1 is 1.24 bits per heavy atom. The molecule has 1 aliphatic heterocycles. The van der Waals surface area contributed by atoms with Crippen LogP contribution in [-0.2, 0) is 4.79 Å². The molecule has 134 valence electrons. The highest BCUT2D eigenvalue weighted by atomic mass is 32.2. The number of halogens is 1. The molecule has 1 saturated heterocycles. The Hall–Kier alpha value is -1.25. The molecule has 0 saturated carbocycles. The van der Waals surface area contributed by atoms with E-state index in [2.05, 4.69) is 5.10 Å². The average molecular weight is 398 g/mol. The van der Waals surface area contributed by atoms with E-state index in [1.54, 1.807) is 16.8 Å². The van der Waals surface area contributed by atoms with E-state index in [4.69, 9.17) is 12.2 Å². The molecule has 25 heavy (non-hydrogen) atoms. The summed E-state index contributed by atoms with van der Waals surface area (Å²) in [5.41, 5.74) is 0.723. The molecule has 1 fully saturated rings. The monoisotopic (exact) mass is 397 g/mol. The van der Waals surface area contributed by atoms with Crippen LogP contribution in [0.2, 0.25) is 0 Å². The summed E-state index contributed by atoms with van der Waals surface area (Å²) in [6.45, 7) is 3.62. The first-order valence-corrected chi connectivity index (χ1v) is 10.5. The normalized spacial score (nSPS) is 16.5. The van der Waals surface area contributed by atoms with E-state index in [-0.39, 0.29) is 17.0 Å². The maximum absolute atomic E-state index is 13.1. The van der Waals surface area contributed by atoms with Crippen LogP contribution in [0.15, 0.2) is 28.6 Å². The zero-order valence-electron chi connectivity index (χ0n) is 14.0. The van der Waals surface area contributed by atoms with E-state index >= 15 is 0 Å². The summed E-state index contributed by atoms with van der Waals surface area (Å²) in [6, 6.07) is 6.06. The molecule has 2 aromatic rings. The number of carbonyl (C=O) groups excluding carboxylic acids is 1. The highest BCUT2D eigenvalue weighted by molar-refractivity contribution is 8.02. The second-order valence-electron chi connectivity index (χ2n) is 6.02. The molecule has 1 aromatic carbocycles. The lowest BCUT2D eigenvalue weighted by Gasteiger charge is -2.23. The van der Waals surface area contributed by atoms with Crippen LogP contribution in [0.5, 0.6) is 0 Å². The standard InChI is InChI=1S/C17H20FN3OS3/c1-12(15(22)20-10-4-2-3-5-11-20)24-16-19-21(17(23)25-16)14-8-6-13(18)7-9-14/h6-9,12H,2-5,10-11H2,1H3/t12-/m0/s1. The van der Waals surface area contributed by atoms with Gasteiger partial charge in [-0.3, -0.25) is 4.79 Å². The zero-order valence-corrected chi connectivity index (χ0v) is 16.4. The van der Waals surface area contributed by atoms with Gasteiger partial charge >= 0.3 is 0 Å². The van der Waals surface area contributed by atoms with Crippen molar-refractivity contribution in [2.75, 3.05) is 13.1 Å². The van der Waals surface area contributed by atoms with E-state index in [1.165, 1.54) is 48.1 Å². The van der Waals surface area contributed by atoms with Gasteiger partial charge in [-0.05, 0) is 56.2 Å². The maximum Gasteiger partial charge on any atom is 0.235 e. The van der Waals surface area contributed by atoms with E-state index in [1.807, 2.05) is 11.8 Å². The van der Waals surface area contributed by atoms with Gasteiger partial charge in [-0.15, -0.1) is 5.10 Å². The maximum atomic E-state index is 13.1. The van der Waals surface area contributed by atoms with Gasteiger partial charge in [0.2, 0.25) is 5.91 Å². The lowest BCUT2D eigenvalue weighted by molar-refractivity contribution is -0.130. The van der Waals surface area contributed by atoms with Crippen LogP contribution in [0.4, 0.5) is 4.39 Å². The lowest BCUT2D eigenvalue weighted by Crippen LogP contribution is -2.37. The van der Waals surface area contributed by atoms with Crippen LogP contribution in [0.3, 0.4) is 0 Å². The third-order valence-corrected chi connectivity index (χ3v) is 6.55. The van der Waals surface area contributed by atoms with E-state index in [9.17, 15) is 9.18 Å². The molecule has 8 heteroatoms. The minimum absolute atomic E-state index is 0.168. The molecule has 0 unspecified atom stereocenters. The van der Waals surface area contributed by atoms with Gasteiger partial charge in [-0.25, -0.2) is 9.07 Å². The fourth-order valence-corrected chi connectivity index (χ4v) is 5.39. The van der Waals surface area contributed by atoms with Crippen molar-refractivity contribution in [1.82, 2.24) is 14.7 Å². The molecule has 0 aliphatic carbocycles. The Kier molecular flexibility index (Phi) is 6.24. The summed E-state index contributed by atoms with van der Waals surface area (Å²) < 4.78 is 16.0. The molecular formula is C17H20FN3OS3. The summed E-state index contributed by atoms with van der Waals surface area (Å²) >= 11 is 8.18. The quantitative estimate of drug-likeness (QED) is 0.554. The first kappa shape index (κ1) is 18.5. The zero-order chi connectivity index (χ0) is 17.8. The molecule has 0 spiro atoms. The fraction of sp³-hybridized carbons (Fsp3) is 0.471. The molecular weight excluding hydrogens is 377 g/mol. The van der Waals surface area contributed by atoms with E-state index < -0.39 is 0 Å². The van der Waals surface area contributed by atoms with E-state index in [0.29, 0.717) is 3.95 Å². The van der Waals surface area contributed by atoms with Crippen molar-refractivity contribution < 1.29 is 9.18 Å². The second kappa shape index (κ2) is 8.42. The van der Waals surface area contributed by atoms with Crippen LogP contribution in [-0.4, -0.2) is 38.9 Å². The Labute approximate surface area is 160 Å². The van der Waals surface area contributed by atoms with Gasteiger partial charge in [-0.2, -0.15) is 0 Å². The SMILES string of the molecule is C[C@H](Sc1nn(-c2ccc(F)cc2)c(=S)s1)C(=O)N1CCCCCC1. The fourth-order valence-electron chi connectivity index (χ4n) is 2.80. The number of thioether (sulfide) groups is 1. The van der Waals surface area contributed by atoms with Crippen LogP contribution in [0, 0.1) is 9.77 Å². The lowest BCUT2D eigenvalue weighted by atomic mass is 10.2. The Bertz CT molecular complexity index is 779. The van der Waals surface area contributed by atoms with Crippen molar-refractivity contribution >= 4 is 41.2 Å². The highest BCUT2D eigenvalue weighted by Crippen LogP contribution is 2.29. The van der Waals surface area contributed by atoms with Crippen molar-refractivity contribution in [3.8, 4) is 5.69 Å². The van der Waals surface area contributed by atoms with Crippen LogP contribution < -0.4 is 0 Å². The van der Waals surface area contributed by atoms with Gasteiger partial charge in [0.15, 0.2) is 8.29 Å². The average Bonchev–Trinajstić information content (AvgIpc) is 2.80. The number of nitrogens with zero attached hydrogens (tertiary/aromatic N) is 3. The minimum Gasteiger partial charge on any atom is -0.342 e. The smallest absolute Gasteiger partial charge is 0.235 e. The molecule has 0 N–H and O–H groups in total. The number of hydrogen-bond acceptors (Lipinski definition) is 5. The molecule has 1 aliphatic rings. The van der Waals surface area contributed by atoms with Crippen molar-refractivity contribution in [3.63, 3.8) is 0 Å². The number of aromatic nitrogens is 2. The topological polar surface area (TPSA) is 38.1 Å². The highest BCUT2D eigenvalue weighted by Gasteiger charge is 2.23. The van der Waals surface area contributed by atoms with Gasteiger partial charge in [0.05, 0.1) is 10.9 Å². The largest absolute Gasteiger partial charge is 0.342 e. The van der Waals surface area contributed by atoms with Gasteiger partial charge in [0.25, 0.3) is 0 Å². The van der Waals surface area contributed by atoms with Gasteiger partial charge in [0, 0.05) is 13.1 Å². The molecule has 1 aromatic heterocycles. The summed E-state index contributed by atoms with van der Waals surface area (Å²) in [5, 5.41) is 4.30. The number of amides is 1. The Morgan fingerprint density at radius 2 is 1.88 bits per heavy atom. The minimum atomic E-state index is -0.295. The van der Waals surface area contributed by atoms with E-state index in [0.717, 1.165) is 36.0 Å². The number of rotatable bonds is 4. The Balaban J connectivity index is 1.70. The molecule has 1 amide bonds. The molecule has 2 heterocycles. The summed E-state index contributed by atoms with van der Waals surface area (Å²) in [6.07, 6.45) is 4.58. The predicted octanol–water partition coefficient (Wildman–Crippen LogP) is 4.69. The van der Waals surface area contributed by atoms with Crippen LogP contribution in [0.1, 0.15) is 32.6 Å². The van der Waals surface area contributed by atoms with Crippen molar-refractivity contribution in [1.29, 1.82) is 0 Å². The first-order chi connectivity index (χ1) is 12.0. The molecule has 4 nitrogen and oxygen atoms in total. The van der Waals surface area contributed by atoms with Gasteiger partial charge < -0.3 is 4.90 Å². The van der Waals surface area contributed by atoms with Crippen molar-refractivity contribution in [3.05, 3.63) is 34.0 Å². The number of hydrogen-bond donors (Lipinski definition) is 0. The second-order valence-corrected chi connectivity index (χ2v) is 9.23. The van der Waals surface area contributed by atoms with Crippen LogP contribution in [0.25, 0.3) is 5.69 Å². The van der Waals surface area contributed by atoms with Crippen molar-refractivity contribution in [2.24, 2.45) is 0 Å².